The summed E-state index contributed by atoms with van der Waals surface area (Å²) in [6.45, 7) is 8.19. The molecular weight excluding hydrogens is 504 g/mol. The highest BCUT2D eigenvalue weighted by molar-refractivity contribution is 9.10. The number of hydrogen-bond acceptors (Lipinski definition) is 5. The van der Waals surface area contributed by atoms with E-state index < -0.39 is 11.8 Å². The molecule has 0 spiro atoms. The first kappa shape index (κ1) is 24.9. The molecule has 0 aromatic heterocycles. The molecule has 2 aromatic rings. The van der Waals surface area contributed by atoms with Crippen LogP contribution in [0.4, 0.5) is 5.69 Å². The highest BCUT2D eigenvalue weighted by atomic mass is 79.9. The predicted octanol–water partition coefficient (Wildman–Crippen LogP) is 5.59. The second-order valence-corrected chi connectivity index (χ2v) is 9.32. The number of ether oxygens (including phenoxy) is 2. The van der Waals surface area contributed by atoms with Gasteiger partial charge in [0.2, 0.25) is 0 Å². The zero-order chi connectivity index (χ0) is 24.3. The van der Waals surface area contributed by atoms with E-state index in [1.54, 1.807) is 19.2 Å². The number of methoxy groups -OCH3 is 1. The van der Waals surface area contributed by atoms with Crippen molar-refractivity contribution in [3.05, 3.63) is 57.6 Å². The second-order valence-electron chi connectivity index (χ2n) is 8.07. The van der Waals surface area contributed by atoms with Crippen LogP contribution in [0.25, 0.3) is 6.08 Å². The molecule has 3 rings (SSSR count). The van der Waals surface area contributed by atoms with Gasteiger partial charge < -0.3 is 9.47 Å². The van der Waals surface area contributed by atoms with Crippen molar-refractivity contribution in [2.75, 3.05) is 12.0 Å². The van der Waals surface area contributed by atoms with E-state index in [2.05, 4.69) is 35.1 Å². The summed E-state index contributed by atoms with van der Waals surface area (Å²) in [5.41, 5.74) is 2.32. The van der Waals surface area contributed by atoms with Crippen LogP contribution >= 0.6 is 28.1 Å². The minimum atomic E-state index is -0.546. The van der Waals surface area contributed by atoms with E-state index >= 15 is 0 Å². The van der Waals surface area contributed by atoms with Gasteiger partial charge in [-0.05, 0) is 88.9 Å². The number of halogens is 1. The molecule has 1 atom stereocenters. The Kier molecular flexibility index (Phi) is 7.92. The lowest BCUT2D eigenvalue weighted by atomic mass is 10.0. The first-order chi connectivity index (χ1) is 15.7. The maximum absolute atomic E-state index is 13.3. The first-order valence-corrected chi connectivity index (χ1v) is 11.9. The highest BCUT2D eigenvalue weighted by Crippen LogP contribution is 2.38. The highest BCUT2D eigenvalue weighted by Gasteiger charge is 2.34. The predicted molar refractivity (Wildman–Crippen MR) is 138 cm³/mol. The van der Waals surface area contributed by atoms with Crippen LogP contribution in [0.3, 0.4) is 0 Å². The number of rotatable bonds is 7. The third-order valence-corrected chi connectivity index (χ3v) is 6.25. The SMILES string of the molecule is CC[C@H](C)Oc1c(Br)cc(/C=C2\C(=O)NC(=S)N(c3ccc(C(C)C)cc3)C2=O)cc1OC. The third kappa shape index (κ3) is 5.45. The summed E-state index contributed by atoms with van der Waals surface area (Å²) < 4.78 is 12.1. The summed E-state index contributed by atoms with van der Waals surface area (Å²) in [6, 6.07) is 11.1. The molecule has 33 heavy (non-hydrogen) atoms. The van der Waals surface area contributed by atoms with Crippen molar-refractivity contribution in [3.8, 4) is 11.5 Å². The largest absolute Gasteiger partial charge is 0.493 e. The van der Waals surface area contributed by atoms with Crippen molar-refractivity contribution < 1.29 is 19.1 Å². The second kappa shape index (κ2) is 10.5. The number of amides is 2. The number of hydrogen-bond donors (Lipinski definition) is 1. The monoisotopic (exact) mass is 530 g/mol. The summed E-state index contributed by atoms with van der Waals surface area (Å²) in [5.74, 6) is 0.392. The summed E-state index contributed by atoms with van der Waals surface area (Å²) in [6.07, 6.45) is 2.36. The van der Waals surface area contributed by atoms with Crippen molar-refractivity contribution in [2.24, 2.45) is 0 Å². The summed E-state index contributed by atoms with van der Waals surface area (Å²) >= 11 is 8.81. The van der Waals surface area contributed by atoms with Gasteiger partial charge in [-0.1, -0.05) is 32.9 Å². The van der Waals surface area contributed by atoms with Crippen molar-refractivity contribution in [2.45, 2.75) is 46.1 Å². The van der Waals surface area contributed by atoms with Gasteiger partial charge in [0.1, 0.15) is 5.57 Å². The maximum atomic E-state index is 13.3. The van der Waals surface area contributed by atoms with Gasteiger partial charge >= 0.3 is 0 Å². The Balaban J connectivity index is 1.98. The maximum Gasteiger partial charge on any atom is 0.270 e. The summed E-state index contributed by atoms with van der Waals surface area (Å²) in [7, 11) is 1.54. The Labute approximate surface area is 208 Å². The molecule has 6 nitrogen and oxygen atoms in total. The van der Waals surface area contributed by atoms with Crippen LogP contribution in [-0.2, 0) is 9.59 Å². The number of carbonyl (C=O) groups is 2. The Bertz CT molecular complexity index is 1110. The number of benzene rings is 2. The number of nitrogens with one attached hydrogen (secondary N) is 1. The molecule has 0 saturated carbocycles. The number of thiocarbonyl (C=S) groups is 1. The van der Waals surface area contributed by atoms with Crippen LogP contribution in [-0.4, -0.2) is 30.1 Å². The van der Waals surface area contributed by atoms with E-state index in [1.165, 1.54) is 11.0 Å². The van der Waals surface area contributed by atoms with E-state index in [0.29, 0.717) is 33.1 Å². The average molecular weight is 531 g/mol. The standard InChI is InChI=1S/C25H27BrN2O4S/c1-6-15(4)32-22-20(26)12-16(13-21(22)31-5)11-19-23(29)27-25(33)28(24(19)30)18-9-7-17(8-10-18)14(2)3/h7-15H,6H2,1-5H3,(H,27,29,33)/b19-11+/t15-/m0/s1. The summed E-state index contributed by atoms with van der Waals surface area (Å²) in [5, 5.41) is 2.67. The molecule has 0 unspecified atom stereocenters. The molecule has 0 aliphatic carbocycles. The Morgan fingerprint density at radius 2 is 1.82 bits per heavy atom. The topological polar surface area (TPSA) is 67.9 Å². The van der Waals surface area contributed by atoms with Gasteiger partial charge in [-0.3, -0.25) is 19.8 Å². The van der Waals surface area contributed by atoms with Crippen LogP contribution in [0.5, 0.6) is 11.5 Å². The average Bonchev–Trinajstić information content (AvgIpc) is 2.78. The number of nitrogens with zero attached hydrogens (tertiary/aromatic N) is 1. The van der Waals surface area contributed by atoms with E-state index in [4.69, 9.17) is 21.7 Å². The van der Waals surface area contributed by atoms with Crippen molar-refractivity contribution in [3.63, 3.8) is 0 Å². The van der Waals surface area contributed by atoms with Crippen molar-refractivity contribution in [1.82, 2.24) is 5.32 Å². The van der Waals surface area contributed by atoms with Gasteiger partial charge in [-0.2, -0.15) is 0 Å². The molecule has 1 heterocycles. The zero-order valence-electron chi connectivity index (χ0n) is 19.3. The Hall–Kier alpha value is -2.71. The molecule has 8 heteroatoms. The fourth-order valence-corrected chi connectivity index (χ4v) is 4.12. The van der Waals surface area contributed by atoms with E-state index in [1.807, 2.05) is 38.1 Å². The fraction of sp³-hybridized carbons (Fsp3) is 0.320. The molecule has 1 saturated heterocycles. The van der Waals surface area contributed by atoms with Crippen LogP contribution in [0, 0.1) is 0 Å². The minimum absolute atomic E-state index is 0.00163. The molecule has 0 bridgehead atoms. The van der Waals surface area contributed by atoms with Crippen LogP contribution < -0.4 is 19.7 Å². The van der Waals surface area contributed by atoms with Gasteiger partial charge in [-0.25, -0.2) is 0 Å². The normalized spacial score (nSPS) is 16.3. The van der Waals surface area contributed by atoms with Gasteiger partial charge in [0, 0.05) is 0 Å². The van der Waals surface area contributed by atoms with E-state index in [-0.39, 0.29) is 16.8 Å². The van der Waals surface area contributed by atoms with E-state index in [9.17, 15) is 9.59 Å². The first-order valence-electron chi connectivity index (χ1n) is 10.7. The summed E-state index contributed by atoms with van der Waals surface area (Å²) in [4.78, 5) is 27.3. The van der Waals surface area contributed by atoms with Crippen molar-refractivity contribution >= 4 is 56.8 Å². The van der Waals surface area contributed by atoms with E-state index in [0.717, 1.165) is 12.0 Å². The van der Waals surface area contributed by atoms with Crippen LogP contribution in [0.15, 0.2) is 46.4 Å². The zero-order valence-corrected chi connectivity index (χ0v) is 21.7. The number of anilines is 1. The Morgan fingerprint density at radius 3 is 2.39 bits per heavy atom. The molecule has 174 valence electrons. The molecule has 2 amide bonds. The Morgan fingerprint density at radius 1 is 1.15 bits per heavy atom. The van der Waals surface area contributed by atoms with Gasteiger partial charge in [0.25, 0.3) is 11.8 Å². The number of carbonyl (C=O) groups excluding carboxylic acids is 2. The molecule has 1 aliphatic heterocycles. The quantitative estimate of drug-likeness (QED) is 0.287. The smallest absolute Gasteiger partial charge is 0.270 e. The van der Waals surface area contributed by atoms with Crippen molar-refractivity contribution in [1.29, 1.82) is 0 Å². The lowest BCUT2D eigenvalue weighted by molar-refractivity contribution is -0.122. The van der Waals surface area contributed by atoms with Crippen LogP contribution in [0.1, 0.15) is 51.2 Å². The molecule has 0 radical (unpaired) electrons. The lowest BCUT2D eigenvalue weighted by Gasteiger charge is -2.29. The fourth-order valence-electron chi connectivity index (χ4n) is 3.29. The molecule has 2 aromatic carbocycles. The van der Waals surface area contributed by atoms with Gasteiger partial charge in [0.05, 0.1) is 23.4 Å². The van der Waals surface area contributed by atoms with Gasteiger partial charge in [-0.15, -0.1) is 0 Å². The molecule has 1 N–H and O–H groups in total. The molecule has 1 aliphatic rings. The third-order valence-electron chi connectivity index (χ3n) is 5.38. The lowest BCUT2D eigenvalue weighted by Crippen LogP contribution is -2.54. The molecule has 1 fully saturated rings. The molecular formula is C25H27BrN2O4S. The van der Waals surface area contributed by atoms with Crippen LogP contribution in [0.2, 0.25) is 0 Å². The van der Waals surface area contributed by atoms with Gasteiger partial charge in [0.15, 0.2) is 16.6 Å². The minimum Gasteiger partial charge on any atom is -0.493 e.